The van der Waals surface area contributed by atoms with Gasteiger partial charge in [-0.3, -0.25) is 9.59 Å². The first kappa shape index (κ1) is 20.9. The molecule has 2 aliphatic heterocycles. The van der Waals surface area contributed by atoms with E-state index < -0.39 is 6.10 Å². The molecule has 1 atom stereocenters. The van der Waals surface area contributed by atoms with Gasteiger partial charge in [0.2, 0.25) is 6.79 Å². The van der Waals surface area contributed by atoms with Crippen LogP contribution < -0.4 is 24.4 Å². The number of hydrogen-bond acceptors (Lipinski definition) is 5. The molecule has 0 aromatic heterocycles. The average molecular weight is 444 g/mol. The van der Waals surface area contributed by atoms with Gasteiger partial charge in [0, 0.05) is 17.8 Å². The predicted molar refractivity (Wildman–Crippen MR) is 124 cm³/mol. The normalized spacial score (nSPS) is 16.2. The second-order valence-electron chi connectivity index (χ2n) is 8.04. The molecule has 168 valence electrons. The van der Waals surface area contributed by atoms with Crippen molar-refractivity contribution in [3.8, 4) is 17.2 Å². The van der Waals surface area contributed by atoms with Gasteiger partial charge in [0.25, 0.3) is 11.8 Å². The number of nitrogens with zero attached hydrogens (tertiary/aromatic N) is 1. The van der Waals surface area contributed by atoms with Crippen molar-refractivity contribution in [2.75, 3.05) is 23.6 Å². The first-order valence-electron chi connectivity index (χ1n) is 11.0. The third-order valence-corrected chi connectivity index (χ3v) is 5.75. The molecule has 3 aromatic carbocycles. The monoisotopic (exact) mass is 444 g/mol. The summed E-state index contributed by atoms with van der Waals surface area (Å²) in [4.78, 5) is 27.4. The van der Waals surface area contributed by atoms with Crippen LogP contribution in [0.25, 0.3) is 0 Å². The summed E-state index contributed by atoms with van der Waals surface area (Å²) in [7, 11) is 0. The van der Waals surface area contributed by atoms with E-state index in [4.69, 9.17) is 14.2 Å². The van der Waals surface area contributed by atoms with Crippen LogP contribution in [0.15, 0.2) is 66.7 Å². The summed E-state index contributed by atoms with van der Waals surface area (Å²) in [5.41, 5.74) is 2.93. The van der Waals surface area contributed by atoms with E-state index in [2.05, 4.69) is 17.4 Å². The van der Waals surface area contributed by atoms with E-state index in [-0.39, 0.29) is 18.6 Å². The molecule has 0 fully saturated rings. The molecule has 1 N–H and O–H groups in total. The van der Waals surface area contributed by atoms with Crippen LogP contribution >= 0.6 is 0 Å². The minimum absolute atomic E-state index is 0.0881. The van der Waals surface area contributed by atoms with Gasteiger partial charge in [-0.15, -0.1) is 0 Å². The SMILES string of the molecule is CC1Oc2ccc(NC(=O)c3ccc4c(c3)OCO4)cc2N(CCCc2ccccc2)C1=O. The number of carbonyl (C=O) groups is 2. The highest BCUT2D eigenvalue weighted by atomic mass is 16.7. The Balaban J connectivity index is 1.33. The Labute approximate surface area is 191 Å². The highest BCUT2D eigenvalue weighted by molar-refractivity contribution is 6.06. The lowest BCUT2D eigenvalue weighted by Crippen LogP contribution is -2.45. The van der Waals surface area contributed by atoms with Crippen molar-refractivity contribution < 1.29 is 23.8 Å². The van der Waals surface area contributed by atoms with Crippen molar-refractivity contribution in [2.45, 2.75) is 25.9 Å². The summed E-state index contributed by atoms with van der Waals surface area (Å²) in [5, 5.41) is 2.90. The number of ether oxygens (including phenoxy) is 3. The van der Waals surface area contributed by atoms with E-state index in [9.17, 15) is 9.59 Å². The smallest absolute Gasteiger partial charge is 0.267 e. The third-order valence-electron chi connectivity index (χ3n) is 5.75. The van der Waals surface area contributed by atoms with Crippen LogP contribution in [-0.4, -0.2) is 31.3 Å². The van der Waals surface area contributed by atoms with E-state index in [0.29, 0.717) is 40.7 Å². The minimum atomic E-state index is -0.553. The Morgan fingerprint density at radius 2 is 1.79 bits per heavy atom. The van der Waals surface area contributed by atoms with Crippen molar-refractivity contribution >= 4 is 23.2 Å². The molecule has 7 heteroatoms. The summed E-state index contributed by atoms with van der Waals surface area (Å²) in [6.07, 6.45) is 1.13. The molecule has 5 rings (SSSR count). The Hall–Kier alpha value is -4.00. The third kappa shape index (κ3) is 4.35. The van der Waals surface area contributed by atoms with E-state index in [1.807, 2.05) is 18.2 Å². The van der Waals surface area contributed by atoms with Gasteiger partial charge in [-0.05, 0) is 61.7 Å². The second kappa shape index (κ2) is 8.86. The van der Waals surface area contributed by atoms with Gasteiger partial charge < -0.3 is 24.4 Å². The predicted octanol–water partition coefficient (Wildman–Crippen LogP) is 4.41. The summed E-state index contributed by atoms with van der Waals surface area (Å²) < 4.78 is 16.5. The van der Waals surface area contributed by atoms with Crippen LogP contribution in [0.4, 0.5) is 11.4 Å². The molecule has 2 aliphatic rings. The van der Waals surface area contributed by atoms with Crippen molar-refractivity contribution in [3.05, 3.63) is 77.9 Å². The number of aryl methyl sites for hydroxylation is 1. The molecular weight excluding hydrogens is 420 g/mol. The Morgan fingerprint density at radius 3 is 2.64 bits per heavy atom. The van der Waals surface area contributed by atoms with E-state index in [0.717, 1.165) is 12.8 Å². The van der Waals surface area contributed by atoms with Crippen molar-refractivity contribution in [1.82, 2.24) is 0 Å². The number of hydrogen-bond donors (Lipinski definition) is 1. The van der Waals surface area contributed by atoms with Crippen LogP contribution in [-0.2, 0) is 11.2 Å². The quantitative estimate of drug-likeness (QED) is 0.609. The molecule has 2 amide bonds. The van der Waals surface area contributed by atoms with Crippen LogP contribution in [0.1, 0.15) is 29.3 Å². The highest BCUT2D eigenvalue weighted by Gasteiger charge is 2.31. The maximum Gasteiger partial charge on any atom is 0.267 e. The number of nitrogens with one attached hydrogen (secondary N) is 1. The fraction of sp³-hybridized carbons (Fsp3) is 0.231. The molecule has 0 saturated heterocycles. The Morgan fingerprint density at radius 1 is 1.00 bits per heavy atom. The second-order valence-corrected chi connectivity index (χ2v) is 8.04. The largest absolute Gasteiger partial charge is 0.479 e. The van der Waals surface area contributed by atoms with Gasteiger partial charge >= 0.3 is 0 Å². The van der Waals surface area contributed by atoms with E-state index >= 15 is 0 Å². The summed E-state index contributed by atoms with van der Waals surface area (Å²) >= 11 is 0. The van der Waals surface area contributed by atoms with E-state index in [1.54, 1.807) is 48.2 Å². The van der Waals surface area contributed by atoms with Crippen LogP contribution in [0.2, 0.25) is 0 Å². The zero-order valence-corrected chi connectivity index (χ0v) is 18.2. The summed E-state index contributed by atoms with van der Waals surface area (Å²) in [5.74, 6) is 1.43. The number of carbonyl (C=O) groups excluding carboxylic acids is 2. The Kier molecular flexibility index (Phi) is 5.60. The van der Waals surface area contributed by atoms with Gasteiger partial charge in [0.1, 0.15) is 5.75 Å². The molecule has 0 aliphatic carbocycles. The molecule has 1 unspecified atom stereocenters. The maximum absolute atomic E-state index is 12.9. The molecule has 3 aromatic rings. The number of benzene rings is 3. The van der Waals surface area contributed by atoms with Crippen molar-refractivity contribution in [2.24, 2.45) is 0 Å². The average Bonchev–Trinajstić information content (AvgIpc) is 3.30. The molecule has 0 saturated carbocycles. The molecule has 2 heterocycles. The van der Waals surface area contributed by atoms with Crippen LogP contribution in [0, 0.1) is 0 Å². The molecular formula is C26H24N2O5. The maximum atomic E-state index is 12.9. The minimum Gasteiger partial charge on any atom is -0.479 e. The van der Waals surface area contributed by atoms with Crippen molar-refractivity contribution in [1.29, 1.82) is 0 Å². The topological polar surface area (TPSA) is 77.1 Å². The first-order valence-corrected chi connectivity index (χ1v) is 11.0. The zero-order chi connectivity index (χ0) is 22.8. The molecule has 33 heavy (non-hydrogen) atoms. The van der Waals surface area contributed by atoms with Gasteiger partial charge in [-0.25, -0.2) is 0 Å². The zero-order valence-electron chi connectivity index (χ0n) is 18.2. The Bertz CT molecular complexity index is 1190. The first-order chi connectivity index (χ1) is 16.1. The summed E-state index contributed by atoms with van der Waals surface area (Å²) in [6.45, 7) is 2.47. The standard InChI is InChI=1S/C26H24N2O5/c1-17-26(30)28(13-5-8-18-6-3-2-4-7-18)21-15-20(10-12-22(21)33-17)27-25(29)19-9-11-23-24(14-19)32-16-31-23/h2-4,6-7,9-12,14-15,17H,5,8,13,16H2,1H3,(H,27,29). The van der Waals surface area contributed by atoms with E-state index in [1.165, 1.54) is 5.56 Å². The van der Waals surface area contributed by atoms with Gasteiger partial charge in [0.15, 0.2) is 17.6 Å². The lowest BCUT2D eigenvalue weighted by molar-refractivity contribution is -0.125. The van der Waals surface area contributed by atoms with Crippen LogP contribution in [0.5, 0.6) is 17.2 Å². The molecule has 0 bridgehead atoms. The van der Waals surface area contributed by atoms with Gasteiger partial charge in [-0.1, -0.05) is 30.3 Å². The lowest BCUT2D eigenvalue weighted by Gasteiger charge is -2.33. The fourth-order valence-electron chi connectivity index (χ4n) is 4.04. The number of fused-ring (bicyclic) bond motifs is 2. The number of amides is 2. The van der Waals surface area contributed by atoms with Crippen LogP contribution in [0.3, 0.4) is 0 Å². The molecule has 0 spiro atoms. The fourth-order valence-corrected chi connectivity index (χ4v) is 4.04. The van der Waals surface area contributed by atoms with Gasteiger partial charge in [0.05, 0.1) is 5.69 Å². The number of rotatable bonds is 6. The van der Waals surface area contributed by atoms with Crippen molar-refractivity contribution in [3.63, 3.8) is 0 Å². The van der Waals surface area contributed by atoms with Gasteiger partial charge in [-0.2, -0.15) is 0 Å². The molecule has 0 radical (unpaired) electrons. The highest BCUT2D eigenvalue weighted by Crippen LogP contribution is 2.37. The number of anilines is 2. The molecule has 7 nitrogen and oxygen atoms in total. The summed E-state index contributed by atoms with van der Waals surface area (Å²) in [6, 6.07) is 20.6. The lowest BCUT2D eigenvalue weighted by atomic mass is 10.1.